The molecule has 1 unspecified atom stereocenters. The second-order valence-corrected chi connectivity index (χ2v) is 4.32. The molecule has 1 heterocycles. The first-order valence-electron chi connectivity index (χ1n) is 5.06. The molecule has 0 fully saturated rings. The number of amides is 1. The molecule has 84 valence electrons. The van der Waals surface area contributed by atoms with E-state index in [4.69, 9.17) is 0 Å². The van der Waals surface area contributed by atoms with E-state index < -0.39 is 0 Å². The molecule has 5 heteroatoms. The minimum absolute atomic E-state index is 0.0796. The molecule has 15 heavy (non-hydrogen) atoms. The molecule has 1 rings (SSSR count). The van der Waals surface area contributed by atoms with Gasteiger partial charge in [-0.3, -0.25) is 9.48 Å². The molecule has 0 radical (unpaired) electrons. The van der Waals surface area contributed by atoms with Gasteiger partial charge in [-0.1, -0.05) is 13.8 Å². The third kappa shape index (κ3) is 3.27. The number of thiol groups is 1. The van der Waals surface area contributed by atoms with E-state index in [2.05, 4.69) is 23.0 Å². The van der Waals surface area contributed by atoms with Crippen molar-refractivity contribution in [1.82, 2.24) is 9.78 Å². The van der Waals surface area contributed by atoms with Crippen LogP contribution in [-0.4, -0.2) is 20.9 Å². The van der Waals surface area contributed by atoms with E-state index in [0.717, 1.165) is 12.2 Å². The summed E-state index contributed by atoms with van der Waals surface area (Å²) >= 11 is 4.24. The van der Waals surface area contributed by atoms with Crippen LogP contribution in [0.2, 0.25) is 0 Å². The summed E-state index contributed by atoms with van der Waals surface area (Å²) in [7, 11) is 0. The number of hydrogen-bond donors (Lipinski definition) is 2. The van der Waals surface area contributed by atoms with Crippen molar-refractivity contribution in [3.05, 3.63) is 12.4 Å². The van der Waals surface area contributed by atoms with Crippen LogP contribution in [0, 0.1) is 5.92 Å². The Balaban J connectivity index is 2.58. The maximum atomic E-state index is 11.6. The fourth-order valence-electron chi connectivity index (χ4n) is 1.12. The number of nitrogens with zero attached hydrogens (tertiary/aromatic N) is 2. The third-order valence-corrected chi connectivity index (χ3v) is 2.96. The van der Waals surface area contributed by atoms with Crippen LogP contribution in [0.4, 0.5) is 5.69 Å². The number of anilines is 1. The Kier molecular flexibility index (Phi) is 4.20. The summed E-state index contributed by atoms with van der Waals surface area (Å²) < 4.78 is 1.76. The van der Waals surface area contributed by atoms with Crippen LogP contribution in [0.1, 0.15) is 20.8 Å². The number of rotatable bonds is 4. The van der Waals surface area contributed by atoms with E-state index in [-0.39, 0.29) is 17.1 Å². The molecule has 0 aliphatic rings. The Bertz CT molecular complexity index is 335. The molecule has 1 aromatic heterocycles. The first-order valence-corrected chi connectivity index (χ1v) is 5.57. The summed E-state index contributed by atoms with van der Waals surface area (Å²) in [4.78, 5) is 11.6. The normalized spacial score (nSPS) is 12.9. The van der Waals surface area contributed by atoms with E-state index in [9.17, 15) is 4.79 Å². The van der Waals surface area contributed by atoms with Gasteiger partial charge < -0.3 is 5.32 Å². The van der Waals surface area contributed by atoms with Crippen LogP contribution >= 0.6 is 12.6 Å². The summed E-state index contributed by atoms with van der Waals surface area (Å²) in [6.45, 7) is 6.72. The minimum Gasteiger partial charge on any atom is -0.322 e. The lowest BCUT2D eigenvalue weighted by atomic mass is 10.1. The molecule has 1 atom stereocenters. The van der Waals surface area contributed by atoms with E-state index in [1.165, 1.54) is 0 Å². The average Bonchev–Trinajstić information content (AvgIpc) is 2.64. The molecule has 0 bridgehead atoms. The molecule has 0 saturated heterocycles. The Hall–Kier alpha value is -0.970. The van der Waals surface area contributed by atoms with Crippen LogP contribution in [0.25, 0.3) is 0 Å². The monoisotopic (exact) mass is 227 g/mol. The zero-order chi connectivity index (χ0) is 11.4. The highest BCUT2D eigenvalue weighted by Crippen LogP contribution is 2.12. The summed E-state index contributed by atoms with van der Waals surface area (Å²) in [6.07, 6.45) is 3.45. The molecule has 4 nitrogen and oxygen atoms in total. The van der Waals surface area contributed by atoms with Crippen molar-refractivity contribution in [1.29, 1.82) is 0 Å². The van der Waals surface area contributed by atoms with Gasteiger partial charge in [0.25, 0.3) is 0 Å². The maximum Gasteiger partial charge on any atom is 0.237 e. The van der Waals surface area contributed by atoms with E-state index in [1.54, 1.807) is 17.1 Å². The smallest absolute Gasteiger partial charge is 0.237 e. The van der Waals surface area contributed by atoms with Crippen LogP contribution in [0.5, 0.6) is 0 Å². The Labute approximate surface area is 95.5 Å². The lowest BCUT2D eigenvalue weighted by Crippen LogP contribution is -2.27. The predicted octanol–water partition coefficient (Wildman–Crippen LogP) is 1.80. The summed E-state index contributed by atoms with van der Waals surface area (Å²) in [5, 5.41) is 6.57. The lowest BCUT2D eigenvalue weighted by Gasteiger charge is -2.13. The summed E-state index contributed by atoms with van der Waals surface area (Å²) in [5.41, 5.74) is 0.724. The van der Waals surface area contributed by atoms with Crippen molar-refractivity contribution in [2.24, 2.45) is 5.92 Å². The molecule has 1 amide bonds. The van der Waals surface area contributed by atoms with Crippen LogP contribution in [0.3, 0.4) is 0 Å². The molecule has 1 N–H and O–H groups in total. The number of hydrogen-bond acceptors (Lipinski definition) is 3. The third-order valence-electron chi connectivity index (χ3n) is 2.12. The quantitative estimate of drug-likeness (QED) is 0.770. The molecule has 0 aliphatic carbocycles. The highest BCUT2D eigenvalue weighted by Gasteiger charge is 2.17. The lowest BCUT2D eigenvalue weighted by molar-refractivity contribution is -0.116. The van der Waals surface area contributed by atoms with Crippen molar-refractivity contribution >= 4 is 24.2 Å². The fraction of sp³-hybridized carbons (Fsp3) is 0.600. The topological polar surface area (TPSA) is 46.9 Å². The molecule has 0 aliphatic heterocycles. The Morgan fingerprint density at radius 3 is 2.80 bits per heavy atom. The predicted molar refractivity (Wildman–Crippen MR) is 64.1 cm³/mol. The highest BCUT2D eigenvalue weighted by atomic mass is 32.1. The van der Waals surface area contributed by atoms with Gasteiger partial charge in [0.15, 0.2) is 0 Å². The number of carbonyl (C=O) groups excluding carboxylic acids is 1. The van der Waals surface area contributed by atoms with E-state index in [0.29, 0.717) is 0 Å². The Morgan fingerprint density at radius 2 is 2.33 bits per heavy atom. The molecule has 0 spiro atoms. The molecule has 0 saturated carbocycles. The molecule has 1 aromatic rings. The summed E-state index contributed by atoms with van der Waals surface area (Å²) in [5.74, 6) is 0.138. The first-order chi connectivity index (χ1) is 7.04. The number of aryl methyl sites for hydroxylation is 1. The van der Waals surface area contributed by atoms with Crippen LogP contribution in [-0.2, 0) is 11.3 Å². The molecular weight excluding hydrogens is 210 g/mol. The molecular formula is C10H17N3OS. The van der Waals surface area contributed by atoms with Crippen molar-refractivity contribution in [2.45, 2.75) is 32.6 Å². The zero-order valence-corrected chi connectivity index (χ0v) is 10.2. The number of carbonyl (C=O) groups is 1. The van der Waals surface area contributed by atoms with Crippen molar-refractivity contribution < 1.29 is 4.79 Å². The van der Waals surface area contributed by atoms with E-state index in [1.807, 2.05) is 20.8 Å². The second-order valence-electron chi connectivity index (χ2n) is 3.76. The minimum atomic E-state index is -0.282. The van der Waals surface area contributed by atoms with Crippen LogP contribution in [0.15, 0.2) is 12.4 Å². The summed E-state index contributed by atoms with van der Waals surface area (Å²) in [6, 6.07) is 0. The Morgan fingerprint density at radius 1 is 1.67 bits per heavy atom. The van der Waals surface area contributed by atoms with Gasteiger partial charge in [-0.05, 0) is 12.8 Å². The standard InChI is InChI=1S/C10H17N3OS/c1-4-13-6-8(5-11-13)12-10(14)9(15)7(2)3/h5-7,9,15H,4H2,1-3H3,(H,12,14). The SMILES string of the molecule is CCn1cc(NC(=O)C(S)C(C)C)cn1. The van der Waals surface area contributed by atoms with Gasteiger partial charge >= 0.3 is 0 Å². The largest absolute Gasteiger partial charge is 0.322 e. The van der Waals surface area contributed by atoms with Crippen molar-refractivity contribution in [3.63, 3.8) is 0 Å². The van der Waals surface area contributed by atoms with Crippen molar-refractivity contribution in [3.8, 4) is 0 Å². The number of nitrogens with one attached hydrogen (secondary N) is 1. The fourth-order valence-corrected chi connectivity index (χ4v) is 1.18. The highest BCUT2D eigenvalue weighted by molar-refractivity contribution is 7.81. The first kappa shape index (κ1) is 12.1. The zero-order valence-electron chi connectivity index (χ0n) is 9.27. The molecule has 0 aromatic carbocycles. The van der Waals surface area contributed by atoms with Gasteiger partial charge in [-0.15, -0.1) is 0 Å². The van der Waals surface area contributed by atoms with Gasteiger partial charge in [-0.25, -0.2) is 0 Å². The van der Waals surface area contributed by atoms with Gasteiger partial charge in [-0.2, -0.15) is 17.7 Å². The number of aromatic nitrogens is 2. The van der Waals surface area contributed by atoms with Gasteiger partial charge in [0.05, 0.1) is 17.1 Å². The van der Waals surface area contributed by atoms with Crippen LogP contribution < -0.4 is 5.32 Å². The van der Waals surface area contributed by atoms with Gasteiger partial charge in [0.1, 0.15) is 0 Å². The van der Waals surface area contributed by atoms with Gasteiger partial charge in [0.2, 0.25) is 5.91 Å². The van der Waals surface area contributed by atoms with Crippen molar-refractivity contribution in [2.75, 3.05) is 5.32 Å². The van der Waals surface area contributed by atoms with Gasteiger partial charge in [0, 0.05) is 12.7 Å². The maximum absolute atomic E-state index is 11.6. The van der Waals surface area contributed by atoms with E-state index >= 15 is 0 Å². The average molecular weight is 227 g/mol. The second kappa shape index (κ2) is 5.21.